The third-order valence-electron chi connectivity index (χ3n) is 6.81. The molecule has 0 radical (unpaired) electrons. The van der Waals surface area contributed by atoms with Gasteiger partial charge in [0.15, 0.2) is 0 Å². The molecular formula is C25H34N4O3S. The number of hydrogen-bond donors (Lipinski definition) is 0. The Morgan fingerprint density at radius 2 is 1.30 bits per heavy atom. The highest BCUT2D eigenvalue weighted by molar-refractivity contribution is 7.86. The van der Waals surface area contributed by atoms with E-state index in [9.17, 15) is 13.2 Å². The van der Waals surface area contributed by atoms with Gasteiger partial charge in [-0.2, -0.15) is 17.0 Å². The van der Waals surface area contributed by atoms with Gasteiger partial charge in [-0.1, -0.05) is 60.7 Å². The number of benzene rings is 2. The predicted molar refractivity (Wildman–Crippen MR) is 130 cm³/mol. The number of piperazine rings is 1. The van der Waals surface area contributed by atoms with Gasteiger partial charge in [-0.25, -0.2) is 0 Å². The number of rotatable bonds is 6. The Labute approximate surface area is 197 Å². The number of carbonyl (C=O) groups is 1. The molecule has 0 saturated carbocycles. The summed E-state index contributed by atoms with van der Waals surface area (Å²) in [6, 6.07) is 21.2. The molecule has 0 aliphatic carbocycles. The second-order valence-corrected chi connectivity index (χ2v) is 11.2. The van der Waals surface area contributed by atoms with Crippen LogP contribution in [0.15, 0.2) is 60.7 Å². The van der Waals surface area contributed by atoms with Crippen LogP contribution >= 0.6 is 0 Å². The Bertz CT molecular complexity index is 975. The maximum Gasteiger partial charge on any atom is 0.281 e. The van der Waals surface area contributed by atoms with Crippen molar-refractivity contribution in [3.8, 4) is 0 Å². The Balaban J connectivity index is 1.38. The average molecular weight is 471 g/mol. The van der Waals surface area contributed by atoms with Gasteiger partial charge in [0.05, 0.1) is 6.04 Å². The van der Waals surface area contributed by atoms with Crippen LogP contribution < -0.4 is 0 Å². The maximum atomic E-state index is 13.2. The minimum Gasteiger partial charge on any atom is -0.340 e. The van der Waals surface area contributed by atoms with E-state index in [-0.39, 0.29) is 17.9 Å². The predicted octanol–water partition coefficient (Wildman–Crippen LogP) is 2.44. The topological polar surface area (TPSA) is 64.2 Å². The van der Waals surface area contributed by atoms with Gasteiger partial charge in [-0.15, -0.1) is 0 Å². The Morgan fingerprint density at radius 3 is 1.76 bits per heavy atom. The summed E-state index contributed by atoms with van der Waals surface area (Å²) in [6.07, 6.45) is 1.17. The van der Waals surface area contributed by atoms with Crippen molar-refractivity contribution in [2.45, 2.75) is 18.9 Å². The molecule has 2 fully saturated rings. The Hall–Kier alpha value is -2.26. The van der Waals surface area contributed by atoms with E-state index in [4.69, 9.17) is 0 Å². The fourth-order valence-electron chi connectivity index (χ4n) is 4.91. The van der Waals surface area contributed by atoms with Gasteiger partial charge in [-0.3, -0.25) is 9.69 Å². The summed E-state index contributed by atoms with van der Waals surface area (Å²) < 4.78 is 27.4. The molecule has 7 nitrogen and oxygen atoms in total. The summed E-state index contributed by atoms with van der Waals surface area (Å²) in [5.74, 6) is 0.0803. The van der Waals surface area contributed by atoms with Crippen LogP contribution in [0.25, 0.3) is 0 Å². The van der Waals surface area contributed by atoms with Crippen molar-refractivity contribution in [1.82, 2.24) is 18.4 Å². The lowest BCUT2D eigenvalue weighted by Gasteiger charge is -2.41. The summed E-state index contributed by atoms with van der Waals surface area (Å²) >= 11 is 0. The lowest BCUT2D eigenvalue weighted by Crippen LogP contribution is -2.53. The second kappa shape index (κ2) is 10.3. The highest BCUT2D eigenvalue weighted by Crippen LogP contribution is 2.30. The van der Waals surface area contributed by atoms with Crippen molar-refractivity contribution in [1.29, 1.82) is 0 Å². The average Bonchev–Trinajstić information content (AvgIpc) is 2.85. The number of carbonyl (C=O) groups excluding carboxylic acids is 1. The number of amides is 1. The van der Waals surface area contributed by atoms with Gasteiger partial charge in [0, 0.05) is 59.3 Å². The lowest BCUT2D eigenvalue weighted by atomic mass is 9.95. The van der Waals surface area contributed by atoms with Gasteiger partial charge < -0.3 is 4.90 Å². The third-order valence-corrected chi connectivity index (χ3v) is 8.75. The summed E-state index contributed by atoms with van der Waals surface area (Å²) in [6.45, 7) is 3.83. The van der Waals surface area contributed by atoms with Gasteiger partial charge >= 0.3 is 0 Å². The first-order valence-electron chi connectivity index (χ1n) is 11.7. The summed E-state index contributed by atoms with van der Waals surface area (Å²) in [5, 5.41) is 0. The molecule has 2 aromatic rings. The van der Waals surface area contributed by atoms with E-state index in [0.29, 0.717) is 39.0 Å². The van der Waals surface area contributed by atoms with E-state index < -0.39 is 10.2 Å². The molecule has 1 amide bonds. The molecule has 2 aromatic carbocycles. The van der Waals surface area contributed by atoms with Crippen LogP contribution in [0.4, 0.5) is 0 Å². The fourth-order valence-corrected chi connectivity index (χ4v) is 6.04. The molecule has 0 bridgehead atoms. The van der Waals surface area contributed by atoms with E-state index in [1.165, 1.54) is 19.7 Å². The Morgan fingerprint density at radius 1 is 0.818 bits per heavy atom. The highest BCUT2D eigenvalue weighted by Gasteiger charge is 2.35. The molecule has 2 aliphatic rings. The van der Waals surface area contributed by atoms with Crippen molar-refractivity contribution in [2.75, 3.05) is 53.4 Å². The van der Waals surface area contributed by atoms with Crippen LogP contribution in [0.5, 0.6) is 0 Å². The van der Waals surface area contributed by atoms with Gasteiger partial charge in [-0.05, 0) is 24.0 Å². The molecule has 178 valence electrons. The first-order valence-corrected chi connectivity index (χ1v) is 13.1. The van der Waals surface area contributed by atoms with Crippen LogP contribution in [0.3, 0.4) is 0 Å². The molecular weight excluding hydrogens is 436 g/mol. The number of piperidine rings is 1. The zero-order valence-electron chi connectivity index (χ0n) is 19.5. The fraction of sp³-hybridized carbons (Fsp3) is 0.480. The normalized spacial score (nSPS) is 19.3. The van der Waals surface area contributed by atoms with Crippen LogP contribution in [0.1, 0.15) is 30.0 Å². The Kier molecular flexibility index (Phi) is 7.48. The molecule has 0 N–H and O–H groups in total. The lowest BCUT2D eigenvalue weighted by molar-refractivity contribution is -0.138. The monoisotopic (exact) mass is 470 g/mol. The summed E-state index contributed by atoms with van der Waals surface area (Å²) in [7, 11) is -0.317. The number of nitrogens with zero attached hydrogens (tertiary/aromatic N) is 4. The molecule has 0 unspecified atom stereocenters. The molecule has 2 heterocycles. The van der Waals surface area contributed by atoms with Crippen LogP contribution in [-0.2, 0) is 15.0 Å². The van der Waals surface area contributed by atoms with Crippen molar-refractivity contribution < 1.29 is 13.2 Å². The van der Waals surface area contributed by atoms with E-state index in [1.807, 2.05) is 17.0 Å². The number of hydrogen-bond acceptors (Lipinski definition) is 4. The molecule has 4 rings (SSSR count). The first-order chi connectivity index (χ1) is 15.9. The summed E-state index contributed by atoms with van der Waals surface area (Å²) in [4.78, 5) is 17.6. The van der Waals surface area contributed by atoms with Gasteiger partial charge in [0.1, 0.15) is 0 Å². The van der Waals surface area contributed by atoms with Crippen LogP contribution in [0, 0.1) is 5.92 Å². The van der Waals surface area contributed by atoms with Gasteiger partial charge in [0.2, 0.25) is 5.91 Å². The zero-order chi connectivity index (χ0) is 23.4. The first kappa shape index (κ1) is 23.9. The van der Waals surface area contributed by atoms with Gasteiger partial charge in [0.25, 0.3) is 10.2 Å². The smallest absolute Gasteiger partial charge is 0.281 e. The second-order valence-electron chi connectivity index (χ2n) is 9.05. The molecule has 0 atom stereocenters. The standard InChI is InChI=1S/C25H34N4O3S/c1-26(2)33(31,32)29-15-13-23(14-16-29)25(30)28-19-17-27(18-20-28)24(21-9-5-3-6-10-21)22-11-7-4-8-12-22/h3-12,23-24H,13-20H2,1-2H3. The molecule has 0 spiro atoms. The van der Waals surface area contributed by atoms with Crippen molar-refractivity contribution in [2.24, 2.45) is 5.92 Å². The highest BCUT2D eigenvalue weighted by atomic mass is 32.2. The molecule has 33 heavy (non-hydrogen) atoms. The minimum absolute atomic E-state index is 0.0933. The van der Waals surface area contributed by atoms with E-state index in [1.54, 1.807) is 14.1 Å². The van der Waals surface area contributed by atoms with E-state index in [0.717, 1.165) is 13.1 Å². The van der Waals surface area contributed by atoms with E-state index >= 15 is 0 Å². The minimum atomic E-state index is -3.41. The third kappa shape index (κ3) is 5.30. The summed E-state index contributed by atoms with van der Waals surface area (Å²) in [5.41, 5.74) is 2.52. The van der Waals surface area contributed by atoms with Crippen LogP contribution in [0.2, 0.25) is 0 Å². The maximum absolute atomic E-state index is 13.2. The molecule has 2 saturated heterocycles. The van der Waals surface area contributed by atoms with Crippen molar-refractivity contribution in [3.05, 3.63) is 71.8 Å². The quantitative estimate of drug-likeness (QED) is 0.651. The largest absolute Gasteiger partial charge is 0.340 e. The van der Waals surface area contributed by atoms with Crippen LogP contribution in [-0.4, -0.2) is 86.1 Å². The molecule has 8 heteroatoms. The van der Waals surface area contributed by atoms with Crippen molar-refractivity contribution >= 4 is 16.1 Å². The zero-order valence-corrected chi connectivity index (χ0v) is 20.3. The van der Waals surface area contributed by atoms with Crippen molar-refractivity contribution in [3.63, 3.8) is 0 Å². The molecule has 0 aromatic heterocycles. The molecule has 2 aliphatic heterocycles. The van der Waals surface area contributed by atoms with E-state index in [2.05, 4.69) is 53.4 Å². The SMILES string of the molecule is CN(C)S(=O)(=O)N1CCC(C(=O)N2CCN(C(c3ccccc3)c3ccccc3)CC2)CC1.